The number of hydrogen-bond donors (Lipinski definition) is 1. The number of ether oxygens (including phenoxy) is 2. The number of likely N-dealkylation sites (N-methyl/N-ethyl adjacent to an activating group) is 1. The van der Waals surface area contributed by atoms with Gasteiger partial charge >= 0.3 is 6.09 Å². The maximum absolute atomic E-state index is 12.3. The third-order valence-electron chi connectivity index (χ3n) is 4.38. The van der Waals surface area contributed by atoms with Gasteiger partial charge in [-0.15, -0.1) is 0 Å². The Kier molecular flexibility index (Phi) is 5.69. The lowest BCUT2D eigenvalue weighted by Crippen LogP contribution is -2.55. The van der Waals surface area contributed by atoms with Crippen LogP contribution in [0, 0.1) is 0 Å². The van der Waals surface area contributed by atoms with Crippen LogP contribution >= 0.6 is 0 Å². The van der Waals surface area contributed by atoms with Crippen LogP contribution in [0.15, 0.2) is 0 Å². The van der Waals surface area contributed by atoms with Crippen molar-refractivity contribution in [1.29, 1.82) is 0 Å². The van der Waals surface area contributed by atoms with E-state index in [1.807, 2.05) is 25.7 Å². The summed E-state index contributed by atoms with van der Waals surface area (Å²) in [4.78, 5) is 16.5. The second kappa shape index (κ2) is 7.15. The molecule has 0 bridgehead atoms. The lowest BCUT2D eigenvalue weighted by Gasteiger charge is -2.37. The summed E-state index contributed by atoms with van der Waals surface area (Å²) in [6.07, 6.45) is 0.913. The molecule has 2 heterocycles. The van der Waals surface area contributed by atoms with Crippen LogP contribution in [0.2, 0.25) is 0 Å². The van der Waals surface area contributed by atoms with E-state index in [0.29, 0.717) is 31.8 Å². The van der Waals surface area contributed by atoms with Gasteiger partial charge in [0.25, 0.3) is 0 Å². The standard InChI is InChI=1S/C16H31N3O3/c1-12-8-13(10-18(12)5)17-9-14-11-21-7-6-19(14)15(20)22-16(2,3)4/h12-14,17H,6-11H2,1-5H3. The van der Waals surface area contributed by atoms with E-state index in [0.717, 1.165) is 19.5 Å². The predicted octanol–water partition coefficient (Wildman–Crippen LogP) is 1.30. The quantitative estimate of drug-likeness (QED) is 0.851. The highest BCUT2D eigenvalue weighted by atomic mass is 16.6. The van der Waals surface area contributed by atoms with Crippen molar-refractivity contribution >= 4 is 6.09 Å². The predicted molar refractivity (Wildman–Crippen MR) is 86.0 cm³/mol. The number of rotatable bonds is 3. The average molecular weight is 313 g/mol. The molecule has 0 saturated carbocycles. The van der Waals surface area contributed by atoms with E-state index < -0.39 is 5.60 Å². The van der Waals surface area contributed by atoms with Crippen LogP contribution in [-0.2, 0) is 9.47 Å². The van der Waals surface area contributed by atoms with Gasteiger partial charge in [-0.3, -0.25) is 4.90 Å². The minimum atomic E-state index is -0.461. The minimum absolute atomic E-state index is 0.0461. The maximum Gasteiger partial charge on any atom is 0.410 e. The van der Waals surface area contributed by atoms with Gasteiger partial charge in [-0.25, -0.2) is 4.79 Å². The molecule has 2 aliphatic rings. The second-order valence-electron chi connectivity index (χ2n) is 7.53. The first-order valence-corrected chi connectivity index (χ1v) is 8.27. The Hall–Kier alpha value is -0.850. The Morgan fingerprint density at radius 1 is 1.41 bits per heavy atom. The van der Waals surface area contributed by atoms with Crippen LogP contribution in [0.25, 0.3) is 0 Å². The summed E-state index contributed by atoms with van der Waals surface area (Å²) in [7, 11) is 2.16. The fourth-order valence-electron chi connectivity index (χ4n) is 3.03. The summed E-state index contributed by atoms with van der Waals surface area (Å²) >= 11 is 0. The van der Waals surface area contributed by atoms with Crippen molar-refractivity contribution in [1.82, 2.24) is 15.1 Å². The van der Waals surface area contributed by atoms with Gasteiger partial charge in [0.05, 0.1) is 19.3 Å². The summed E-state index contributed by atoms with van der Waals surface area (Å²) in [6, 6.07) is 1.15. The summed E-state index contributed by atoms with van der Waals surface area (Å²) in [5.74, 6) is 0. The number of hydrogen-bond acceptors (Lipinski definition) is 5. The van der Waals surface area contributed by atoms with E-state index >= 15 is 0 Å². The monoisotopic (exact) mass is 313 g/mol. The number of likely N-dealkylation sites (tertiary alicyclic amines) is 1. The molecule has 2 aliphatic heterocycles. The molecule has 3 unspecified atom stereocenters. The van der Waals surface area contributed by atoms with E-state index in [-0.39, 0.29) is 12.1 Å². The van der Waals surface area contributed by atoms with Crippen LogP contribution in [0.4, 0.5) is 4.79 Å². The molecule has 0 aromatic rings. The van der Waals surface area contributed by atoms with Crippen molar-refractivity contribution < 1.29 is 14.3 Å². The Balaban J connectivity index is 1.86. The Morgan fingerprint density at radius 2 is 2.14 bits per heavy atom. The zero-order valence-corrected chi connectivity index (χ0v) is 14.6. The summed E-state index contributed by atoms with van der Waals surface area (Å²) in [6.45, 7) is 11.5. The molecule has 128 valence electrons. The Labute approximate surface area is 134 Å². The number of carbonyl (C=O) groups is 1. The number of amides is 1. The lowest BCUT2D eigenvalue weighted by atomic mass is 10.1. The van der Waals surface area contributed by atoms with Gasteiger partial charge in [0, 0.05) is 31.7 Å². The molecule has 22 heavy (non-hydrogen) atoms. The van der Waals surface area contributed by atoms with Crippen LogP contribution in [0.5, 0.6) is 0 Å². The third-order valence-corrected chi connectivity index (χ3v) is 4.38. The molecule has 6 nitrogen and oxygen atoms in total. The summed E-state index contributed by atoms with van der Waals surface area (Å²) in [5.41, 5.74) is -0.461. The molecule has 0 radical (unpaired) electrons. The van der Waals surface area contributed by atoms with Crippen LogP contribution in [0.3, 0.4) is 0 Å². The maximum atomic E-state index is 12.3. The van der Waals surface area contributed by atoms with Gasteiger partial charge in [0.1, 0.15) is 5.60 Å². The van der Waals surface area contributed by atoms with Crippen molar-refractivity contribution in [3.05, 3.63) is 0 Å². The Morgan fingerprint density at radius 3 is 2.73 bits per heavy atom. The minimum Gasteiger partial charge on any atom is -0.444 e. The molecule has 1 amide bonds. The first-order valence-electron chi connectivity index (χ1n) is 8.27. The topological polar surface area (TPSA) is 54.0 Å². The van der Waals surface area contributed by atoms with E-state index in [1.165, 1.54) is 0 Å². The van der Waals surface area contributed by atoms with Crippen LogP contribution in [0.1, 0.15) is 34.1 Å². The lowest BCUT2D eigenvalue weighted by molar-refractivity contribution is -0.0321. The number of morpholine rings is 1. The average Bonchev–Trinajstić information content (AvgIpc) is 2.74. The SMILES string of the molecule is CC1CC(NCC2COCCN2C(=O)OC(C)(C)C)CN1C. The molecule has 2 fully saturated rings. The van der Waals surface area contributed by atoms with E-state index in [2.05, 4.69) is 24.2 Å². The van der Waals surface area contributed by atoms with Crippen molar-refractivity contribution in [3.8, 4) is 0 Å². The molecule has 6 heteroatoms. The number of nitrogens with one attached hydrogen (secondary N) is 1. The molecule has 2 saturated heterocycles. The van der Waals surface area contributed by atoms with Gasteiger partial charge in [-0.1, -0.05) is 0 Å². The van der Waals surface area contributed by atoms with E-state index in [9.17, 15) is 4.79 Å². The molecule has 0 spiro atoms. The third kappa shape index (κ3) is 4.83. The van der Waals surface area contributed by atoms with Crippen molar-refractivity contribution in [2.24, 2.45) is 0 Å². The number of carbonyl (C=O) groups excluding carboxylic acids is 1. The van der Waals surface area contributed by atoms with Gasteiger partial charge in [-0.05, 0) is 41.2 Å². The van der Waals surface area contributed by atoms with Gasteiger partial charge < -0.3 is 19.7 Å². The van der Waals surface area contributed by atoms with Gasteiger partial charge in [0.15, 0.2) is 0 Å². The smallest absolute Gasteiger partial charge is 0.410 e. The molecule has 1 N–H and O–H groups in total. The first kappa shape index (κ1) is 17.5. The van der Waals surface area contributed by atoms with Crippen LogP contribution in [-0.4, -0.2) is 79.5 Å². The molecule has 2 rings (SSSR count). The highest BCUT2D eigenvalue weighted by Gasteiger charge is 2.32. The Bertz CT molecular complexity index is 373. The molecule has 3 atom stereocenters. The van der Waals surface area contributed by atoms with Gasteiger partial charge in [0.2, 0.25) is 0 Å². The fraction of sp³-hybridized carbons (Fsp3) is 0.938. The zero-order valence-electron chi connectivity index (χ0n) is 14.6. The highest BCUT2D eigenvalue weighted by Crippen LogP contribution is 2.17. The van der Waals surface area contributed by atoms with Crippen LogP contribution < -0.4 is 5.32 Å². The first-order chi connectivity index (χ1) is 10.3. The highest BCUT2D eigenvalue weighted by molar-refractivity contribution is 5.68. The van der Waals surface area contributed by atoms with Crippen molar-refractivity contribution in [2.75, 3.05) is 39.9 Å². The molecule has 0 aliphatic carbocycles. The van der Waals surface area contributed by atoms with E-state index in [4.69, 9.17) is 9.47 Å². The van der Waals surface area contributed by atoms with Crippen molar-refractivity contribution in [2.45, 2.75) is 57.8 Å². The molecular formula is C16H31N3O3. The molecule has 0 aromatic carbocycles. The van der Waals surface area contributed by atoms with E-state index in [1.54, 1.807) is 0 Å². The molecular weight excluding hydrogens is 282 g/mol. The normalized spacial score (nSPS) is 30.6. The number of nitrogens with zero attached hydrogens (tertiary/aromatic N) is 2. The van der Waals surface area contributed by atoms with Gasteiger partial charge in [-0.2, -0.15) is 0 Å². The molecule has 0 aromatic heterocycles. The zero-order chi connectivity index (χ0) is 16.3. The summed E-state index contributed by atoms with van der Waals surface area (Å²) in [5, 5.41) is 3.59. The fourth-order valence-corrected chi connectivity index (χ4v) is 3.03. The van der Waals surface area contributed by atoms with Crippen molar-refractivity contribution in [3.63, 3.8) is 0 Å². The second-order valence-corrected chi connectivity index (χ2v) is 7.53. The summed E-state index contributed by atoms with van der Waals surface area (Å²) < 4.78 is 11.1. The largest absolute Gasteiger partial charge is 0.444 e.